The lowest BCUT2D eigenvalue weighted by molar-refractivity contribution is -0.136. The molecule has 3 rings (SSSR count). The predicted octanol–water partition coefficient (Wildman–Crippen LogP) is 4.44. The number of aryl methyl sites for hydroxylation is 1. The van der Waals surface area contributed by atoms with Crippen LogP contribution in [0.2, 0.25) is 0 Å². The van der Waals surface area contributed by atoms with Crippen LogP contribution in [0.4, 0.5) is 0 Å². The van der Waals surface area contributed by atoms with Crippen LogP contribution >= 0.6 is 0 Å². The van der Waals surface area contributed by atoms with Crippen LogP contribution in [0, 0.1) is 6.92 Å². The number of carboxylic acids is 1. The number of aliphatic carboxylic acids is 1. The van der Waals surface area contributed by atoms with Crippen molar-refractivity contribution in [1.82, 2.24) is 0 Å². The Hall–Kier alpha value is -2.61. The van der Waals surface area contributed by atoms with Crippen molar-refractivity contribution < 1.29 is 9.90 Å². The summed E-state index contributed by atoms with van der Waals surface area (Å²) in [6, 6.07) is 20.3. The molecule has 0 heterocycles. The molecule has 0 unspecified atom stereocenters. The normalized spacial score (nSPS) is 10.7. The molecule has 0 aliphatic carbocycles. The maximum absolute atomic E-state index is 11.0. The first-order valence-corrected chi connectivity index (χ1v) is 6.94. The Labute approximate surface area is 123 Å². The lowest BCUT2D eigenvalue weighted by atomic mass is 9.93. The minimum atomic E-state index is -0.803. The van der Waals surface area contributed by atoms with E-state index in [1.807, 2.05) is 30.3 Å². The number of carboxylic acid groups (broad SMARTS) is 1. The molecule has 0 aliphatic heterocycles. The van der Waals surface area contributed by atoms with Gasteiger partial charge in [0, 0.05) is 0 Å². The topological polar surface area (TPSA) is 37.3 Å². The molecule has 3 aromatic carbocycles. The fourth-order valence-corrected chi connectivity index (χ4v) is 2.66. The Morgan fingerprint density at radius 2 is 1.57 bits per heavy atom. The van der Waals surface area contributed by atoms with E-state index >= 15 is 0 Å². The van der Waals surface area contributed by atoms with Crippen molar-refractivity contribution in [2.24, 2.45) is 0 Å². The average Bonchev–Trinajstić information content (AvgIpc) is 2.48. The van der Waals surface area contributed by atoms with Crippen molar-refractivity contribution in [2.45, 2.75) is 13.3 Å². The standard InChI is InChI=1S/C19H16O2/c1-13-6-8-14(9-7-13)17-11-10-15(12-19(20)21)16-4-2-3-5-18(16)17/h2-11H,12H2,1H3,(H,20,21). The van der Waals surface area contributed by atoms with E-state index in [9.17, 15) is 4.79 Å². The summed E-state index contributed by atoms with van der Waals surface area (Å²) in [4.78, 5) is 11.0. The van der Waals surface area contributed by atoms with Gasteiger partial charge in [-0.2, -0.15) is 0 Å². The number of fused-ring (bicyclic) bond motifs is 1. The van der Waals surface area contributed by atoms with E-state index in [4.69, 9.17) is 5.11 Å². The summed E-state index contributed by atoms with van der Waals surface area (Å²) in [6.07, 6.45) is 0.0503. The maximum atomic E-state index is 11.0. The first kappa shape index (κ1) is 13.4. The molecule has 0 atom stereocenters. The zero-order chi connectivity index (χ0) is 14.8. The highest BCUT2D eigenvalue weighted by Gasteiger charge is 2.09. The van der Waals surface area contributed by atoms with Crippen LogP contribution in [0.5, 0.6) is 0 Å². The Balaban J connectivity index is 2.21. The number of rotatable bonds is 3. The van der Waals surface area contributed by atoms with Crippen molar-refractivity contribution in [3.05, 3.63) is 71.8 Å². The molecule has 0 bridgehead atoms. The Morgan fingerprint density at radius 1 is 0.905 bits per heavy atom. The molecular weight excluding hydrogens is 260 g/mol. The summed E-state index contributed by atoms with van der Waals surface area (Å²) in [5.74, 6) is -0.803. The molecule has 0 aromatic heterocycles. The lowest BCUT2D eigenvalue weighted by Crippen LogP contribution is -2.01. The fraction of sp³-hybridized carbons (Fsp3) is 0.105. The second-order valence-electron chi connectivity index (χ2n) is 5.25. The molecule has 0 amide bonds. The van der Waals surface area contributed by atoms with E-state index in [2.05, 4.69) is 37.3 Å². The Bertz CT molecular complexity index is 801. The molecule has 0 saturated heterocycles. The van der Waals surface area contributed by atoms with Crippen LogP contribution in [0.1, 0.15) is 11.1 Å². The van der Waals surface area contributed by atoms with Gasteiger partial charge in [0.05, 0.1) is 6.42 Å². The van der Waals surface area contributed by atoms with Gasteiger partial charge in [-0.1, -0.05) is 66.2 Å². The summed E-state index contributed by atoms with van der Waals surface area (Å²) in [5.41, 5.74) is 4.37. The lowest BCUT2D eigenvalue weighted by Gasteiger charge is -2.11. The van der Waals surface area contributed by atoms with Crippen LogP contribution < -0.4 is 0 Å². The van der Waals surface area contributed by atoms with Gasteiger partial charge < -0.3 is 5.11 Å². The average molecular weight is 276 g/mol. The molecule has 0 spiro atoms. The van der Waals surface area contributed by atoms with Gasteiger partial charge in [-0.3, -0.25) is 4.79 Å². The summed E-state index contributed by atoms with van der Waals surface area (Å²) in [6.45, 7) is 2.07. The van der Waals surface area contributed by atoms with E-state index in [1.165, 1.54) is 5.56 Å². The number of carbonyl (C=O) groups is 1. The minimum absolute atomic E-state index is 0.0503. The summed E-state index contributed by atoms with van der Waals surface area (Å²) in [5, 5.41) is 11.2. The maximum Gasteiger partial charge on any atom is 0.307 e. The first-order valence-electron chi connectivity index (χ1n) is 6.94. The highest BCUT2D eigenvalue weighted by atomic mass is 16.4. The van der Waals surface area contributed by atoms with Gasteiger partial charge >= 0.3 is 5.97 Å². The van der Waals surface area contributed by atoms with E-state index < -0.39 is 5.97 Å². The monoisotopic (exact) mass is 276 g/mol. The predicted molar refractivity (Wildman–Crippen MR) is 85.5 cm³/mol. The molecule has 3 aromatic rings. The SMILES string of the molecule is Cc1ccc(-c2ccc(CC(=O)O)c3ccccc23)cc1. The van der Waals surface area contributed by atoms with Gasteiger partial charge in [0.25, 0.3) is 0 Å². The molecular formula is C19H16O2. The van der Waals surface area contributed by atoms with E-state index in [0.717, 1.165) is 27.5 Å². The third-order valence-corrected chi connectivity index (χ3v) is 3.72. The quantitative estimate of drug-likeness (QED) is 0.767. The summed E-state index contributed by atoms with van der Waals surface area (Å²) in [7, 11) is 0. The minimum Gasteiger partial charge on any atom is -0.481 e. The van der Waals surface area contributed by atoms with Gasteiger partial charge in [-0.15, -0.1) is 0 Å². The van der Waals surface area contributed by atoms with Crippen LogP contribution in [0.3, 0.4) is 0 Å². The third-order valence-electron chi connectivity index (χ3n) is 3.72. The van der Waals surface area contributed by atoms with Crippen molar-refractivity contribution in [3.63, 3.8) is 0 Å². The zero-order valence-electron chi connectivity index (χ0n) is 11.8. The van der Waals surface area contributed by atoms with E-state index in [0.29, 0.717) is 0 Å². The molecule has 0 radical (unpaired) electrons. The zero-order valence-corrected chi connectivity index (χ0v) is 11.8. The van der Waals surface area contributed by atoms with Crippen molar-refractivity contribution >= 4 is 16.7 Å². The van der Waals surface area contributed by atoms with Gasteiger partial charge in [-0.25, -0.2) is 0 Å². The second kappa shape index (κ2) is 5.41. The Kier molecular flexibility index (Phi) is 3.44. The second-order valence-corrected chi connectivity index (χ2v) is 5.25. The molecule has 0 saturated carbocycles. The van der Waals surface area contributed by atoms with Crippen LogP contribution in [-0.2, 0) is 11.2 Å². The molecule has 104 valence electrons. The summed E-state index contributed by atoms with van der Waals surface area (Å²) < 4.78 is 0. The number of benzene rings is 3. The third kappa shape index (κ3) is 2.65. The molecule has 2 nitrogen and oxygen atoms in total. The first-order chi connectivity index (χ1) is 10.1. The largest absolute Gasteiger partial charge is 0.481 e. The molecule has 1 N–H and O–H groups in total. The highest BCUT2D eigenvalue weighted by molar-refractivity contribution is 5.99. The molecule has 0 aliphatic rings. The van der Waals surface area contributed by atoms with Crippen molar-refractivity contribution in [1.29, 1.82) is 0 Å². The van der Waals surface area contributed by atoms with E-state index in [1.54, 1.807) is 0 Å². The molecule has 21 heavy (non-hydrogen) atoms. The van der Waals surface area contributed by atoms with Crippen LogP contribution in [0.25, 0.3) is 21.9 Å². The molecule has 2 heteroatoms. The number of hydrogen-bond donors (Lipinski definition) is 1. The number of hydrogen-bond acceptors (Lipinski definition) is 1. The smallest absolute Gasteiger partial charge is 0.307 e. The highest BCUT2D eigenvalue weighted by Crippen LogP contribution is 2.31. The van der Waals surface area contributed by atoms with Gasteiger partial charge in [0.15, 0.2) is 0 Å². The fourth-order valence-electron chi connectivity index (χ4n) is 2.66. The van der Waals surface area contributed by atoms with E-state index in [-0.39, 0.29) is 6.42 Å². The van der Waals surface area contributed by atoms with Crippen molar-refractivity contribution in [2.75, 3.05) is 0 Å². The van der Waals surface area contributed by atoms with Crippen LogP contribution in [0.15, 0.2) is 60.7 Å². The van der Waals surface area contributed by atoms with Crippen LogP contribution in [-0.4, -0.2) is 11.1 Å². The van der Waals surface area contributed by atoms with Gasteiger partial charge in [0.1, 0.15) is 0 Å². The summed E-state index contributed by atoms with van der Waals surface area (Å²) >= 11 is 0. The van der Waals surface area contributed by atoms with Gasteiger partial charge in [-0.05, 0) is 34.4 Å². The van der Waals surface area contributed by atoms with Crippen molar-refractivity contribution in [3.8, 4) is 11.1 Å². The Morgan fingerprint density at radius 3 is 2.24 bits per heavy atom. The van der Waals surface area contributed by atoms with Gasteiger partial charge in [0.2, 0.25) is 0 Å². The molecule has 0 fully saturated rings.